The summed E-state index contributed by atoms with van der Waals surface area (Å²) in [4.78, 5) is 7.57. The molecule has 7 nitrogen and oxygen atoms in total. The SMILES string of the molecule is CCCCC(C)NS(=O)(=O)c1cnc(NN)nc1. The molecule has 0 aliphatic heterocycles. The van der Waals surface area contributed by atoms with Gasteiger partial charge in [0.15, 0.2) is 0 Å². The van der Waals surface area contributed by atoms with E-state index in [1.54, 1.807) is 0 Å². The first kappa shape index (κ1) is 14.8. The number of rotatable bonds is 7. The molecule has 0 saturated carbocycles. The Hall–Kier alpha value is -1.25. The Balaban J connectivity index is 2.73. The second-order valence-electron chi connectivity index (χ2n) is 4.05. The molecule has 4 N–H and O–H groups in total. The predicted molar refractivity (Wildman–Crippen MR) is 69.2 cm³/mol. The molecule has 0 aromatic carbocycles. The summed E-state index contributed by atoms with van der Waals surface area (Å²) >= 11 is 0. The lowest BCUT2D eigenvalue weighted by atomic mass is 10.2. The molecule has 18 heavy (non-hydrogen) atoms. The smallest absolute Gasteiger partial charge is 0.243 e. The van der Waals surface area contributed by atoms with E-state index in [9.17, 15) is 8.42 Å². The van der Waals surface area contributed by atoms with Gasteiger partial charge in [-0.1, -0.05) is 19.8 Å². The Morgan fingerprint density at radius 3 is 2.50 bits per heavy atom. The van der Waals surface area contributed by atoms with Gasteiger partial charge < -0.3 is 0 Å². The molecule has 8 heteroatoms. The highest BCUT2D eigenvalue weighted by Gasteiger charge is 2.17. The van der Waals surface area contributed by atoms with E-state index >= 15 is 0 Å². The molecule has 102 valence electrons. The summed E-state index contributed by atoms with van der Waals surface area (Å²) in [5, 5.41) is 0. The van der Waals surface area contributed by atoms with Crippen molar-refractivity contribution in [2.24, 2.45) is 5.84 Å². The van der Waals surface area contributed by atoms with Crippen LogP contribution in [0.3, 0.4) is 0 Å². The first-order chi connectivity index (χ1) is 8.49. The third-order valence-corrected chi connectivity index (χ3v) is 3.96. The zero-order valence-corrected chi connectivity index (χ0v) is 11.4. The van der Waals surface area contributed by atoms with Gasteiger partial charge in [-0.2, -0.15) is 0 Å². The van der Waals surface area contributed by atoms with Crippen molar-refractivity contribution < 1.29 is 8.42 Å². The van der Waals surface area contributed by atoms with Crippen molar-refractivity contribution in [3.63, 3.8) is 0 Å². The third kappa shape index (κ3) is 4.21. The number of hydrogen-bond acceptors (Lipinski definition) is 6. The van der Waals surface area contributed by atoms with E-state index in [4.69, 9.17) is 5.84 Å². The molecule has 0 saturated heterocycles. The molecule has 1 rings (SSSR count). The Bertz CT molecular complexity index is 460. The van der Waals surface area contributed by atoms with Gasteiger partial charge in [0.1, 0.15) is 4.90 Å². The molecule has 1 aromatic rings. The van der Waals surface area contributed by atoms with Crippen LogP contribution >= 0.6 is 0 Å². The molecule has 0 spiro atoms. The van der Waals surface area contributed by atoms with Crippen LogP contribution in [0.5, 0.6) is 0 Å². The molecular weight excluding hydrogens is 254 g/mol. The lowest BCUT2D eigenvalue weighted by molar-refractivity contribution is 0.533. The summed E-state index contributed by atoms with van der Waals surface area (Å²) in [7, 11) is -3.56. The van der Waals surface area contributed by atoms with Crippen molar-refractivity contribution >= 4 is 16.0 Å². The molecule has 0 bridgehead atoms. The van der Waals surface area contributed by atoms with Gasteiger partial charge in [0.25, 0.3) is 0 Å². The highest BCUT2D eigenvalue weighted by Crippen LogP contribution is 2.09. The third-order valence-electron chi connectivity index (χ3n) is 2.41. The van der Waals surface area contributed by atoms with Gasteiger partial charge in [0.2, 0.25) is 16.0 Å². The summed E-state index contributed by atoms with van der Waals surface area (Å²) in [5.74, 6) is 5.28. The monoisotopic (exact) mass is 273 g/mol. The van der Waals surface area contributed by atoms with Gasteiger partial charge in [-0.25, -0.2) is 29.0 Å². The Labute approximate surface area is 107 Å². The van der Waals surface area contributed by atoms with Crippen LogP contribution in [0.4, 0.5) is 5.95 Å². The summed E-state index contributed by atoms with van der Waals surface area (Å²) in [6.07, 6.45) is 5.26. The number of hydrogen-bond donors (Lipinski definition) is 3. The van der Waals surface area contributed by atoms with E-state index < -0.39 is 10.0 Å². The van der Waals surface area contributed by atoms with Gasteiger partial charge in [-0.05, 0) is 13.3 Å². The molecular formula is C10H19N5O2S. The molecule has 0 fully saturated rings. The summed E-state index contributed by atoms with van der Waals surface area (Å²) in [5.41, 5.74) is 2.24. The van der Waals surface area contributed by atoms with Crippen molar-refractivity contribution in [2.75, 3.05) is 5.43 Å². The zero-order valence-electron chi connectivity index (χ0n) is 10.5. The second kappa shape index (κ2) is 6.62. The van der Waals surface area contributed by atoms with Gasteiger partial charge >= 0.3 is 0 Å². The minimum Gasteiger partial charge on any atom is -0.292 e. The number of nitrogens with two attached hydrogens (primary N) is 1. The van der Waals surface area contributed by atoms with Gasteiger partial charge in [-0.15, -0.1) is 0 Å². The Morgan fingerprint density at radius 1 is 1.39 bits per heavy atom. The maximum atomic E-state index is 12.0. The fourth-order valence-electron chi connectivity index (χ4n) is 1.43. The second-order valence-corrected chi connectivity index (χ2v) is 5.77. The van der Waals surface area contributed by atoms with Crippen LogP contribution in [0.15, 0.2) is 17.3 Å². The molecule has 0 radical (unpaired) electrons. The van der Waals surface area contributed by atoms with Gasteiger partial charge in [0, 0.05) is 6.04 Å². The number of sulfonamides is 1. The number of nitrogens with one attached hydrogen (secondary N) is 2. The summed E-state index contributed by atoms with van der Waals surface area (Å²) in [6, 6.07) is -0.109. The van der Waals surface area contributed by atoms with E-state index in [0.717, 1.165) is 19.3 Å². The lowest BCUT2D eigenvalue weighted by Crippen LogP contribution is -2.32. The number of anilines is 1. The Morgan fingerprint density at radius 2 is 2.00 bits per heavy atom. The molecule has 0 amide bonds. The topological polar surface area (TPSA) is 110 Å². The molecule has 1 heterocycles. The highest BCUT2D eigenvalue weighted by molar-refractivity contribution is 7.89. The van der Waals surface area contributed by atoms with Crippen molar-refractivity contribution in [1.29, 1.82) is 0 Å². The number of nitrogen functional groups attached to an aromatic ring is 1. The van der Waals surface area contributed by atoms with E-state index in [2.05, 4.69) is 27.0 Å². The van der Waals surface area contributed by atoms with Gasteiger partial charge in [-0.3, -0.25) is 5.43 Å². The van der Waals surface area contributed by atoms with Crippen LogP contribution in [0.1, 0.15) is 33.1 Å². The lowest BCUT2D eigenvalue weighted by Gasteiger charge is -2.13. The first-order valence-electron chi connectivity index (χ1n) is 5.80. The van der Waals surface area contributed by atoms with Gasteiger partial charge in [0.05, 0.1) is 12.4 Å². The summed E-state index contributed by atoms with van der Waals surface area (Å²) in [6.45, 7) is 3.90. The van der Waals surface area contributed by atoms with E-state index in [0.29, 0.717) is 0 Å². The molecule has 0 aliphatic rings. The van der Waals surface area contributed by atoms with Crippen LogP contribution < -0.4 is 16.0 Å². The molecule has 1 aromatic heterocycles. The average Bonchev–Trinajstić information content (AvgIpc) is 2.36. The normalized spacial score (nSPS) is 13.3. The number of hydrazine groups is 1. The van der Waals surface area contributed by atoms with Crippen LogP contribution in [0, 0.1) is 0 Å². The number of aromatic nitrogens is 2. The average molecular weight is 273 g/mol. The summed E-state index contributed by atoms with van der Waals surface area (Å²) < 4.78 is 26.5. The Kier molecular flexibility index (Phi) is 5.45. The minimum absolute atomic E-state index is 0.0323. The molecule has 0 aliphatic carbocycles. The van der Waals surface area contributed by atoms with Crippen molar-refractivity contribution in [3.05, 3.63) is 12.4 Å². The van der Waals surface area contributed by atoms with E-state index in [1.165, 1.54) is 12.4 Å². The van der Waals surface area contributed by atoms with Crippen molar-refractivity contribution in [1.82, 2.24) is 14.7 Å². The molecule has 1 atom stereocenters. The van der Waals surface area contributed by atoms with Crippen molar-refractivity contribution in [2.45, 2.75) is 44.0 Å². The highest BCUT2D eigenvalue weighted by atomic mass is 32.2. The maximum absolute atomic E-state index is 12.0. The zero-order chi connectivity index (χ0) is 13.6. The standard InChI is InChI=1S/C10H19N5O2S/c1-3-4-5-8(2)15-18(16,17)9-6-12-10(14-11)13-7-9/h6-8,15H,3-5,11H2,1-2H3,(H,12,13,14). The number of nitrogens with zero attached hydrogens (tertiary/aromatic N) is 2. The minimum atomic E-state index is -3.56. The maximum Gasteiger partial charge on any atom is 0.243 e. The van der Waals surface area contributed by atoms with E-state index in [1.807, 2.05) is 6.92 Å². The van der Waals surface area contributed by atoms with E-state index in [-0.39, 0.29) is 16.9 Å². The van der Waals surface area contributed by atoms with Crippen molar-refractivity contribution in [3.8, 4) is 0 Å². The fourth-order valence-corrected chi connectivity index (χ4v) is 2.60. The first-order valence-corrected chi connectivity index (χ1v) is 7.29. The van der Waals surface area contributed by atoms with Crippen LogP contribution in [0.2, 0.25) is 0 Å². The largest absolute Gasteiger partial charge is 0.292 e. The predicted octanol–water partition coefficient (Wildman–Crippen LogP) is 0.619. The quantitative estimate of drug-likeness (QED) is 0.496. The number of unbranched alkanes of at least 4 members (excludes halogenated alkanes) is 1. The van der Waals surface area contributed by atoms with Crippen LogP contribution in [-0.2, 0) is 10.0 Å². The fraction of sp³-hybridized carbons (Fsp3) is 0.600. The van der Waals surface area contributed by atoms with Crippen LogP contribution in [-0.4, -0.2) is 24.4 Å². The van der Waals surface area contributed by atoms with Crippen LogP contribution in [0.25, 0.3) is 0 Å². The molecule has 1 unspecified atom stereocenters.